The Kier molecular flexibility index (Phi) is 4.36. The van der Waals surface area contributed by atoms with Gasteiger partial charge in [0.05, 0.1) is 10.1 Å². The van der Waals surface area contributed by atoms with E-state index < -0.39 is 9.84 Å². The second kappa shape index (κ2) is 6.09. The fourth-order valence-electron chi connectivity index (χ4n) is 3.88. The standard InChI is InChI=1S/C17H25NO2S/c1-18-16-8-3-2-4-9-17(16)21(19,20)15-11-10-13-6-5-7-14(13)12-15/h10-12,16-18H,2-9H2,1H3. The van der Waals surface area contributed by atoms with Crippen LogP contribution in [-0.4, -0.2) is 26.8 Å². The number of rotatable bonds is 3. The molecule has 0 amide bonds. The Morgan fingerprint density at radius 1 is 1.00 bits per heavy atom. The molecule has 116 valence electrons. The lowest BCUT2D eigenvalue weighted by molar-refractivity contribution is 0.480. The molecule has 1 aromatic carbocycles. The Hall–Kier alpha value is -0.870. The molecule has 1 aromatic rings. The molecule has 0 spiro atoms. The maximum absolute atomic E-state index is 13.1. The highest BCUT2D eigenvalue weighted by Crippen LogP contribution is 2.31. The summed E-state index contributed by atoms with van der Waals surface area (Å²) in [4.78, 5) is 0.537. The van der Waals surface area contributed by atoms with Crippen LogP contribution in [0.3, 0.4) is 0 Å². The van der Waals surface area contributed by atoms with Gasteiger partial charge in [0.25, 0.3) is 0 Å². The van der Waals surface area contributed by atoms with Gasteiger partial charge in [0.2, 0.25) is 0 Å². The molecular weight excluding hydrogens is 282 g/mol. The number of aryl methyl sites for hydroxylation is 2. The van der Waals surface area contributed by atoms with Crippen LogP contribution in [0.25, 0.3) is 0 Å². The molecule has 0 heterocycles. The van der Waals surface area contributed by atoms with Crippen molar-refractivity contribution in [3.05, 3.63) is 29.3 Å². The van der Waals surface area contributed by atoms with Gasteiger partial charge in [-0.05, 0) is 62.4 Å². The summed E-state index contributed by atoms with van der Waals surface area (Å²) in [6.07, 6.45) is 8.32. The average molecular weight is 307 g/mol. The Morgan fingerprint density at radius 2 is 1.76 bits per heavy atom. The Labute approximate surface area is 128 Å². The molecule has 0 saturated heterocycles. The highest BCUT2D eigenvalue weighted by Gasteiger charge is 2.35. The van der Waals surface area contributed by atoms with Crippen LogP contribution in [0.2, 0.25) is 0 Å². The van der Waals surface area contributed by atoms with Gasteiger partial charge in [0.15, 0.2) is 9.84 Å². The molecule has 2 atom stereocenters. The molecule has 3 nitrogen and oxygen atoms in total. The average Bonchev–Trinajstić information content (AvgIpc) is 2.81. The first kappa shape index (κ1) is 15.0. The van der Waals surface area contributed by atoms with Gasteiger partial charge in [-0.1, -0.05) is 25.3 Å². The van der Waals surface area contributed by atoms with Crippen molar-refractivity contribution in [1.82, 2.24) is 5.32 Å². The second-order valence-corrected chi connectivity index (χ2v) is 8.57. The minimum Gasteiger partial charge on any atom is -0.316 e. The van der Waals surface area contributed by atoms with E-state index in [-0.39, 0.29) is 11.3 Å². The number of benzene rings is 1. The molecule has 0 aromatic heterocycles. The van der Waals surface area contributed by atoms with E-state index in [1.54, 1.807) is 0 Å². The summed E-state index contributed by atoms with van der Waals surface area (Å²) in [5.41, 5.74) is 2.57. The predicted octanol–water partition coefficient (Wildman–Crippen LogP) is 2.87. The first-order valence-corrected chi connectivity index (χ1v) is 9.70. The summed E-state index contributed by atoms with van der Waals surface area (Å²) in [5, 5.41) is 2.97. The van der Waals surface area contributed by atoms with Crippen molar-refractivity contribution < 1.29 is 8.42 Å². The van der Waals surface area contributed by atoms with E-state index in [9.17, 15) is 8.42 Å². The lowest BCUT2D eigenvalue weighted by Gasteiger charge is -2.25. The molecule has 0 bridgehead atoms. The topological polar surface area (TPSA) is 46.2 Å². The zero-order valence-electron chi connectivity index (χ0n) is 12.8. The molecule has 4 heteroatoms. The fraction of sp³-hybridized carbons (Fsp3) is 0.647. The summed E-state index contributed by atoms with van der Waals surface area (Å²) in [7, 11) is -1.34. The molecule has 2 aliphatic rings. The van der Waals surface area contributed by atoms with Crippen molar-refractivity contribution in [3.63, 3.8) is 0 Å². The van der Waals surface area contributed by atoms with Crippen LogP contribution in [0.4, 0.5) is 0 Å². The lowest BCUT2D eigenvalue weighted by Crippen LogP contribution is -2.41. The zero-order chi connectivity index (χ0) is 14.9. The Bertz CT molecular complexity index is 609. The quantitative estimate of drug-likeness (QED) is 0.874. The normalized spacial score (nSPS) is 26.3. The third-order valence-corrected chi connectivity index (χ3v) is 7.39. The van der Waals surface area contributed by atoms with Crippen LogP contribution in [0.1, 0.15) is 49.7 Å². The molecule has 1 saturated carbocycles. The second-order valence-electron chi connectivity index (χ2n) is 6.40. The van der Waals surface area contributed by atoms with Gasteiger partial charge in [-0.25, -0.2) is 8.42 Å². The smallest absolute Gasteiger partial charge is 0.182 e. The van der Waals surface area contributed by atoms with Crippen LogP contribution in [-0.2, 0) is 22.7 Å². The number of fused-ring (bicyclic) bond motifs is 1. The van der Waals surface area contributed by atoms with Crippen molar-refractivity contribution in [2.45, 2.75) is 67.6 Å². The van der Waals surface area contributed by atoms with E-state index in [0.717, 1.165) is 51.4 Å². The first-order chi connectivity index (χ1) is 10.1. The SMILES string of the molecule is CNC1CCCCCC1S(=O)(=O)c1ccc2c(c1)CCC2. The van der Waals surface area contributed by atoms with Gasteiger partial charge in [0, 0.05) is 6.04 Å². The van der Waals surface area contributed by atoms with Gasteiger partial charge in [-0.3, -0.25) is 0 Å². The number of sulfone groups is 1. The number of nitrogens with one attached hydrogen (secondary N) is 1. The van der Waals surface area contributed by atoms with Crippen molar-refractivity contribution in [2.75, 3.05) is 7.05 Å². The zero-order valence-corrected chi connectivity index (χ0v) is 13.6. The fourth-order valence-corrected chi connectivity index (χ4v) is 5.97. The van der Waals surface area contributed by atoms with E-state index in [1.807, 2.05) is 25.2 Å². The van der Waals surface area contributed by atoms with Crippen LogP contribution in [0.5, 0.6) is 0 Å². The number of hydrogen-bond donors (Lipinski definition) is 1. The summed E-state index contributed by atoms with van der Waals surface area (Å²) in [6.45, 7) is 0. The highest BCUT2D eigenvalue weighted by molar-refractivity contribution is 7.92. The van der Waals surface area contributed by atoms with Crippen LogP contribution >= 0.6 is 0 Å². The van der Waals surface area contributed by atoms with Gasteiger partial charge < -0.3 is 5.32 Å². The molecular formula is C17H25NO2S. The highest BCUT2D eigenvalue weighted by atomic mass is 32.2. The monoisotopic (exact) mass is 307 g/mol. The Morgan fingerprint density at radius 3 is 2.57 bits per heavy atom. The molecule has 1 fully saturated rings. The van der Waals surface area contributed by atoms with E-state index in [4.69, 9.17) is 0 Å². The van der Waals surface area contributed by atoms with Crippen LogP contribution < -0.4 is 5.32 Å². The van der Waals surface area contributed by atoms with E-state index in [1.165, 1.54) is 11.1 Å². The van der Waals surface area contributed by atoms with Crippen LogP contribution in [0, 0.1) is 0 Å². The summed E-state index contributed by atoms with van der Waals surface area (Å²) in [5.74, 6) is 0. The van der Waals surface area contributed by atoms with E-state index in [2.05, 4.69) is 5.32 Å². The van der Waals surface area contributed by atoms with Crippen molar-refractivity contribution >= 4 is 9.84 Å². The molecule has 3 rings (SSSR count). The minimum absolute atomic E-state index is 0.0887. The van der Waals surface area contributed by atoms with E-state index in [0.29, 0.717) is 4.90 Å². The van der Waals surface area contributed by atoms with Gasteiger partial charge >= 0.3 is 0 Å². The third-order valence-electron chi connectivity index (χ3n) is 5.12. The molecule has 0 radical (unpaired) electrons. The number of hydrogen-bond acceptors (Lipinski definition) is 3. The summed E-state index contributed by atoms with van der Waals surface area (Å²) >= 11 is 0. The third kappa shape index (κ3) is 2.88. The summed E-state index contributed by atoms with van der Waals surface area (Å²) in [6, 6.07) is 5.89. The largest absolute Gasteiger partial charge is 0.316 e. The van der Waals surface area contributed by atoms with Crippen molar-refractivity contribution in [1.29, 1.82) is 0 Å². The molecule has 1 N–H and O–H groups in total. The molecule has 2 aliphatic carbocycles. The van der Waals surface area contributed by atoms with Crippen molar-refractivity contribution in [2.24, 2.45) is 0 Å². The first-order valence-electron chi connectivity index (χ1n) is 8.16. The predicted molar refractivity (Wildman–Crippen MR) is 85.4 cm³/mol. The maximum Gasteiger partial charge on any atom is 0.182 e. The van der Waals surface area contributed by atoms with Gasteiger partial charge in [-0.15, -0.1) is 0 Å². The molecule has 2 unspecified atom stereocenters. The van der Waals surface area contributed by atoms with Gasteiger partial charge in [0.1, 0.15) is 0 Å². The molecule has 0 aliphatic heterocycles. The summed E-state index contributed by atoms with van der Waals surface area (Å²) < 4.78 is 26.1. The maximum atomic E-state index is 13.1. The van der Waals surface area contributed by atoms with Crippen molar-refractivity contribution in [3.8, 4) is 0 Å². The Balaban J connectivity index is 1.94. The van der Waals surface area contributed by atoms with E-state index >= 15 is 0 Å². The molecule has 21 heavy (non-hydrogen) atoms. The van der Waals surface area contributed by atoms with Crippen LogP contribution in [0.15, 0.2) is 23.1 Å². The van der Waals surface area contributed by atoms with Gasteiger partial charge in [-0.2, -0.15) is 0 Å². The lowest BCUT2D eigenvalue weighted by atomic mass is 10.1. The minimum atomic E-state index is -3.23.